The van der Waals surface area contributed by atoms with Gasteiger partial charge in [0.1, 0.15) is 5.75 Å². The summed E-state index contributed by atoms with van der Waals surface area (Å²) in [6.45, 7) is 1.46. The zero-order chi connectivity index (χ0) is 17.8. The molecule has 0 spiro atoms. The number of aryl methyl sites for hydroxylation is 1. The van der Waals surface area contributed by atoms with E-state index in [1.165, 1.54) is 0 Å². The van der Waals surface area contributed by atoms with E-state index in [0.717, 1.165) is 42.8 Å². The Morgan fingerprint density at radius 1 is 1.20 bits per heavy atom. The van der Waals surface area contributed by atoms with Crippen molar-refractivity contribution in [2.24, 2.45) is 7.05 Å². The van der Waals surface area contributed by atoms with E-state index < -0.39 is 0 Å². The van der Waals surface area contributed by atoms with Crippen molar-refractivity contribution in [1.82, 2.24) is 9.47 Å². The van der Waals surface area contributed by atoms with Gasteiger partial charge in [0, 0.05) is 38.0 Å². The van der Waals surface area contributed by atoms with Crippen LogP contribution < -0.4 is 10.3 Å². The first-order chi connectivity index (χ1) is 12.1. The van der Waals surface area contributed by atoms with E-state index in [2.05, 4.69) is 0 Å². The molecule has 0 aliphatic carbocycles. The van der Waals surface area contributed by atoms with E-state index in [4.69, 9.17) is 4.74 Å². The Balaban J connectivity index is 1.61. The number of aromatic nitrogens is 1. The first kappa shape index (κ1) is 17.3. The normalized spacial score (nSPS) is 15.2. The topological polar surface area (TPSA) is 51.5 Å². The highest BCUT2D eigenvalue weighted by atomic mass is 16.5. The van der Waals surface area contributed by atoms with E-state index in [0.29, 0.717) is 12.3 Å². The Hall–Kier alpha value is -2.56. The van der Waals surface area contributed by atoms with Crippen molar-refractivity contribution in [3.8, 4) is 5.75 Å². The number of para-hydroxylation sites is 1. The number of benzene rings is 1. The number of methoxy groups -OCH3 is 1. The Labute approximate surface area is 147 Å². The molecule has 25 heavy (non-hydrogen) atoms. The number of likely N-dealkylation sites (tertiary alicyclic amines) is 1. The molecule has 1 saturated heterocycles. The summed E-state index contributed by atoms with van der Waals surface area (Å²) in [5, 5.41) is 0. The second-order valence-electron chi connectivity index (χ2n) is 6.55. The van der Waals surface area contributed by atoms with Crippen molar-refractivity contribution in [3.63, 3.8) is 0 Å². The summed E-state index contributed by atoms with van der Waals surface area (Å²) in [5.74, 6) is 1.24. The van der Waals surface area contributed by atoms with Gasteiger partial charge in [-0.05, 0) is 36.5 Å². The third kappa shape index (κ3) is 3.92. The van der Waals surface area contributed by atoms with Crippen LogP contribution in [-0.2, 0) is 18.3 Å². The molecule has 0 unspecified atom stereocenters. The van der Waals surface area contributed by atoms with Gasteiger partial charge in [0.25, 0.3) is 5.56 Å². The molecule has 0 radical (unpaired) electrons. The van der Waals surface area contributed by atoms with Gasteiger partial charge in [-0.1, -0.05) is 18.2 Å². The van der Waals surface area contributed by atoms with E-state index in [-0.39, 0.29) is 11.5 Å². The van der Waals surface area contributed by atoms with Crippen LogP contribution in [0.3, 0.4) is 0 Å². The van der Waals surface area contributed by atoms with E-state index >= 15 is 0 Å². The summed E-state index contributed by atoms with van der Waals surface area (Å²) >= 11 is 0. The van der Waals surface area contributed by atoms with E-state index in [1.54, 1.807) is 24.8 Å². The summed E-state index contributed by atoms with van der Waals surface area (Å²) in [6.07, 6.45) is 3.97. The lowest BCUT2D eigenvalue weighted by atomic mass is 9.90. The van der Waals surface area contributed by atoms with Gasteiger partial charge in [-0.25, -0.2) is 0 Å². The number of carbonyl (C=O) groups excluding carboxylic acids is 1. The van der Waals surface area contributed by atoms with Crippen LogP contribution in [0.1, 0.15) is 29.9 Å². The molecule has 5 heteroatoms. The highest BCUT2D eigenvalue weighted by Gasteiger charge is 2.24. The molecule has 2 heterocycles. The molecule has 5 nitrogen and oxygen atoms in total. The molecular formula is C20H24N2O3. The van der Waals surface area contributed by atoms with Crippen molar-refractivity contribution in [3.05, 3.63) is 64.1 Å². The predicted molar refractivity (Wildman–Crippen MR) is 96.9 cm³/mol. The second kappa shape index (κ2) is 7.55. The number of rotatable bonds is 4. The number of carbonyl (C=O) groups is 1. The highest BCUT2D eigenvalue weighted by molar-refractivity contribution is 5.79. The van der Waals surface area contributed by atoms with Gasteiger partial charge in [-0.15, -0.1) is 0 Å². The SMILES string of the molecule is COc1ccccc1CC(=O)N1CCC(c2ccn(C)c(=O)c2)CC1. The maximum Gasteiger partial charge on any atom is 0.250 e. The number of hydrogen-bond acceptors (Lipinski definition) is 3. The number of ether oxygens (including phenoxy) is 1. The average molecular weight is 340 g/mol. The molecule has 3 rings (SSSR count). The van der Waals surface area contributed by atoms with E-state index in [9.17, 15) is 9.59 Å². The highest BCUT2D eigenvalue weighted by Crippen LogP contribution is 2.28. The average Bonchev–Trinajstić information content (AvgIpc) is 2.64. The Kier molecular flexibility index (Phi) is 5.22. The summed E-state index contributed by atoms with van der Waals surface area (Å²) in [6, 6.07) is 11.4. The van der Waals surface area contributed by atoms with Crippen molar-refractivity contribution in [1.29, 1.82) is 0 Å². The van der Waals surface area contributed by atoms with Crippen LogP contribution in [0.4, 0.5) is 0 Å². The fourth-order valence-corrected chi connectivity index (χ4v) is 3.40. The fourth-order valence-electron chi connectivity index (χ4n) is 3.40. The number of hydrogen-bond donors (Lipinski definition) is 0. The lowest BCUT2D eigenvalue weighted by Crippen LogP contribution is -2.39. The van der Waals surface area contributed by atoms with Gasteiger partial charge in [0.05, 0.1) is 13.5 Å². The quantitative estimate of drug-likeness (QED) is 0.858. The minimum atomic E-state index is 0.0205. The zero-order valence-corrected chi connectivity index (χ0v) is 14.8. The summed E-state index contributed by atoms with van der Waals surface area (Å²) in [5.41, 5.74) is 2.02. The smallest absolute Gasteiger partial charge is 0.250 e. The third-order valence-corrected chi connectivity index (χ3v) is 4.98. The zero-order valence-electron chi connectivity index (χ0n) is 14.8. The first-order valence-corrected chi connectivity index (χ1v) is 8.64. The summed E-state index contributed by atoms with van der Waals surface area (Å²) in [4.78, 5) is 26.3. The molecule has 1 amide bonds. The Morgan fingerprint density at radius 3 is 2.60 bits per heavy atom. The number of piperidine rings is 1. The largest absolute Gasteiger partial charge is 0.496 e. The van der Waals surface area contributed by atoms with Gasteiger partial charge < -0.3 is 14.2 Å². The molecule has 1 aromatic heterocycles. The van der Waals surface area contributed by atoms with Crippen LogP contribution >= 0.6 is 0 Å². The monoisotopic (exact) mass is 340 g/mol. The molecule has 1 aliphatic heterocycles. The predicted octanol–water partition coefficient (Wildman–Crippen LogP) is 2.34. The van der Waals surface area contributed by atoms with Crippen LogP contribution in [0.15, 0.2) is 47.4 Å². The lowest BCUT2D eigenvalue weighted by Gasteiger charge is -2.32. The molecule has 132 valence electrons. The van der Waals surface area contributed by atoms with Crippen molar-refractivity contribution >= 4 is 5.91 Å². The first-order valence-electron chi connectivity index (χ1n) is 8.64. The van der Waals surface area contributed by atoms with Crippen LogP contribution in [0, 0.1) is 0 Å². The van der Waals surface area contributed by atoms with Crippen LogP contribution in [0.2, 0.25) is 0 Å². The molecule has 0 saturated carbocycles. The molecule has 1 aliphatic rings. The van der Waals surface area contributed by atoms with Gasteiger partial charge in [0.2, 0.25) is 5.91 Å². The van der Waals surface area contributed by atoms with Crippen molar-refractivity contribution in [2.75, 3.05) is 20.2 Å². The number of pyridine rings is 1. The molecular weight excluding hydrogens is 316 g/mol. The molecule has 1 fully saturated rings. The van der Waals surface area contributed by atoms with Crippen LogP contribution in [0.25, 0.3) is 0 Å². The van der Waals surface area contributed by atoms with Gasteiger partial charge in [-0.2, -0.15) is 0 Å². The minimum Gasteiger partial charge on any atom is -0.496 e. The fraction of sp³-hybridized carbons (Fsp3) is 0.400. The minimum absolute atomic E-state index is 0.0205. The Morgan fingerprint density at radius 2 is 1.92 bits per heavy atom. The molecule has 0 bridgehead atoms. The molecule has 0 atom stereocenters. The Bertz CT molecular complexity index is 805. The van der Waals surface area contributed by atoms with Crippen molar-refractivity contribution < 1.29 is 9.53 Å². The van der Waals surface area contributed by atoms with Crippen LogP contribution in [0.5, 0.6) is 5.75 Å². The molecule has 0 N–H and O–H groups in total. The summed E-state index contributed by atoms with van der Waals surface area (Å²) < 4.78 is 6.91. The van der Waals surface area contributed by atoms with E-state index in [1.807, 2.05) is 41.4 Å². The standard InChI is InChI=1S/C20H24N2O3/c1-21-10-7-16(13-19(21)23)15-8-11-22(12-9-15)20(24)14-17-5-3-4-6-18(17)25-2/h3-7,10,13,15H,8-9,11-12,14H2,1-2H3. The number of amides is 1. The maximum atomic E-state index is 12.6. The van der Waals surface area contributed by atoms with Gasteiger partial charge in [-0.3, -0.25) is 9.59 Å². The lowest BCUT2D eigenvalue weighted by molar-refractivity contribution is -0.131. The van der Waals surface area contributed by atoms with Crippen LogP contribution in [-0.4, -0.2) is 35.6 Å². The second-order valence-corrected chi connectivity index (χ2v) is 6.55. The molecule has 1 aromatic carbocycles. The summed E-state index contributed by atoms with van der Waals surface area (Å²) in [7, 11) is 3.38. The maximum absolute atomic E-state index is 12.6. The van der Waals surface area contributed by atoms with Gasteiger partial charge in [0.15, 0.2) is 0 Å². The van der Waals surface area contributed by atoms with Gasteiger partial charge >= 0.3 is 0 Å². The number of nitrogens with zero attached hydrogens (tertiary/aromatic N) is 2. The molecule has 2 aromatic rings. The third-order valence-electron chi connectivity index (χ3n) is 4.98. The van der Waals surface area contributed by atoms with Crippen molar-refractivity contribution in [2.45, 2.75) is 25.2 Å².